The third-order valence-electron chi connectivity index (χ3n) is 4.13. The van der Waals surface area contributed by atoms with Gasteiger partial charge in [0, 0.05) is 18.1 Å². The number of carboxylic acids is 1. The van der Waals surface area contributed by atoms with Gasteiger partial charge >= 0.3 is 11.9 Å². The second kappa shape index (κ2) is 9.82. The summed E-state index contributed by atoms with van der Waals surface area (Å²) in [5.74, 6) is -0.795. The zero-order chi connectivity index (χ0) is 19.8. The van der Waals surface area contributed by atoms with Gasteiger partial charge in [0.2, 0.25) is 0 Å². The number of aliphatic carboxylic acids is 1. The first-order valence-electron chi connectivity index (χ1n) is 9.07. The van der Waals surface area contributed by atoms with Crippen LogP contribution in [0.1, 0.15) is 19.3 Å². The Balaban J connectivity index is 1.91. The molecule has 0 aliphatic rings. The second-order valence-electron chi connectivity index (χ2n) is 6.20. The van der Waals surface area contributed by atoms with E-state index in [1.807, 2.05) is 54.6 Å². The lowest BCUT2D eigenvalue weighted by Crippen LogP contribution is -2.23. The van der Waals surface area contributed by atoms with E-state index in [1.165, 1.54) is 0 Å². The van der Waals surface area contributed by atoms with Gasteiger partial charge in [0.25, 0.3) is 0 Å². The minimum atomic E-state index is -0.912. The summed E-state index contributed by atoms with van der Waals surface area (Å²) in [6.07, 6.45) is 0.301. The maximum Gasteiger partial charge on any atom is 0.311 e. The minimum Gasteiger partial charge on any atom is -0.481 e. The molecule has 0 aromatic heterocycles. The molecular weight excluding hydrogens is 371 g/mol. The molecular formula is C23H21O4P. The number of hydrogen-bond donors (Lipinski definition) is 1. The van der Waals surface area contributed by atoms with Crippen molar-refractivity contribution < 1.29 is 19.4 Å². The molecule has 142 valence electrons. The number of carboxylic acid groups (broad SMARTS) is 1. The Labute approximate surface area is 165 Å². The van der Waals surface area contributed by atoms with Crippen molar-refractivity contribution in [3.8, 4) is 5.75 Å². The Bertz CT molecular complexity index is 886. The molecule has 0 spiro atoms. The van der Waals surface area contributed by atoms with Gasteiger partial charge in [-0.05, 0) is 31.0 Å². The molecule has 0 heterocycles. The van der Waals surface area contributed by atoms with Gasteiger partial charge in [-0.2, -0.15) is 0 Å². The molecule has 0 saturated heterocycles. The molecule has 0 bridgehead atoms. The van der Waals surface area contributed by atoms with Gasteiger partial charge in [-0.15, -0.1) is 0 Å². The molecule has 0 unspecified atom stereocenters. The molecule has 0 atom stereocenters. The average molecular weight is 392 g/mol. The van der Waals surface area contributed by atoms with E-state index in [1.54, 1.807) is 6.07 Å². The van der Waals surface area contributed by atoms with Crippen molar-refractivity contribution in [2.75, 3.05) is 0 Å². The molecule has 0 amide bonds. The Morgan fingerprint density at radius 1 is 0.750 bits per heavy atom. The minimum absolute atomic E-state index is 0.0442. The Kier molecular flexibility index (Phi) is 6.94. The van der Waals surface area contributed by atoms with E-state index in [2.05, 4.69) is 24.3 Å². The van der Waals surface area contributed by atoms with Gasteiger partial charge in [-0.25, -0.2) is 0 Å². The van der Waals surface area contributed by atoms with E-state index in [0.29, 0.717) is 5.75 Å². The van der Waals surface area contributed by atoms with Crippen LogP contribution in [0.25, 0.3) is 0 Å². The van der Waals surface area contributed by atoms with Crippen LogP contribution < -0.4 is 20.7 Å². The highest BCUT2D eigenvalue weighted by molar-refractivity contribution is 7.80. The molecule has 0 fully saturated rings. The summed E-state index contributed by atoms with van der Waals surface area (Å²) < 4.78 is 5.64. The summed E-state index contributed by atoms with van der Waals surface area (Å²) in [5.41, 5.74) is 0. The molecule has 3 rings (SSSR count). The highest BCUT2D eigenvalue weighted by Crippen LogP contribution is 2.36. The van der Waals surface area contributed by atoms with Gasteiger partial charge in [0.1, 0.15) is 5.75 Å². The van der Waals surface area contributed by atoms with E-state index < -0.39 is 19.9 Å². The summed E-state index contributed by atoms with van der Waals surface area (Å²) in [4.78, 5) is 22.9. The lowest BCUT2D eigenvalue weighted by atomic mass is 10.2. The summed E-state index contributed by atoms with van der Waals surface area (Å²) in [6.45, 7) is 0. The fourth-order valence-electron chi connectivity index (χ4n) is 2.87. The van der Waals surface area contributed by atoms with Crippen LogP contribution >= 0.6 is 7.92 Å². The first-order valence-corrected chi connectivity index (χ1v) is 10.4. The molecule has 3 aromatic carbocycles. The van der Waals surface area contributed by atoms with Gasteiger partial charge in [0.15, 0.2) is 0 Å². The summed E-state index contributed by atoms with van der Waals surface area (Å²) >= 11 is 0. The van der Waals surface area contributed by atoms with Crippen molar-refractivity contribution in [1.82, 2.24) is 0 Å². The number of esters is 1. The van der Waals surface area contributed by atoms with Crippen molar-refractivity contribution in [2.24, 2.45) is 0 Å². The molecule has 1 N–H and O–H groups in total. The number of benzene rings is 3. The zero-order valence-electron chi connectivity index (χ0n) is 15.3. The highest BCUT2D eigenvalue weighted by Gasteiger charge is 2.21. The number of hydrogen-bond acceptors (Lipinski definition) is 3. The predicted octanol–water partition coefficient (Wildman–Crippen LogP) is 3.61. The summed E-state index contributed by atoms with van der Waals surface area (Å²) in [7, 11) is -0.892. The molecule has 28 heavy (non-hydrogen) atoms. The van der Waals surface area contributed by atoms with Crippen LogP contribution in [0, 0.1) is 0 Å². The Morgan fingerprint density at radius 2 is 1.29 bits per heavy atom. The molecule has 0 radical (unpaired) electrons. The maximum absolute atomic E-state index is 12.2. The third kappa shape index (κ3) is 5.28. The second-order valence-corrected chi connectivity index (χ2v) is 8.38. The number of carbonyl (C=O) groups is 2. The highest BCUT2D eigenvalue weighted by atomic mass is 31.1. The summed E-state index contributed by atoms with van der Waals surface area (Å²) in [5, 5.41) is 12.0. The van der Waals surface area contributed by atoms with Crippen molar-refractivity contribution in [1.29, 1.82) is 0 Å². The fourth-order valence-corrected chi connectivity index (χ4v) is 5.24. The van der Waals surface area contributed by atoms with Crippen molar-refractivity contribution >= 4 is 35.8 Å². The number of ether oxygens (including phenoxy) is 1. The maximum atomic E-state index is 12.2. The topological polar surface area (TPSA) is 63.6 Å². The quantitative estimate of drug-likeness (QED) is 0.361. The van der Waals surface area contributed by atoms with E-state index >= 15 is 0 Å². The number of carbonyl (C=O) groups excluding carboxylic acids is 1. The van der Waals surface area contributed by atoms with Gasteiger partial charge in [0.05, 0.1) is 0 Å². The Morgan fingerprint density at radius 3 is 1.86 bits per heavy atom. The van der Waals surface area contributed by atoms with Crippen molar-refractivity contribution in [3.63, 3.8) is 0 Å². The van der Waals surface area contributed by atoms with Crippen LogP contribution in [0.3, 0.4) is 0 Å². The lowest BCUT2D eigenvalue weighted by Gasteiger charge is -2.21. The van der Waals surface area contributed by atoms with Gasteiger partial charge in [-0.1, -0.05) is 78.9 Å². The summed E-state index contributed by atoms with van der Waals surface area (Å²) in [6, 6.07) is 27.9. The van der Waals surface area contributed by atoms with E-state index in [0.717, 1.165) is 15.9 Å². The number of para-hydroxylation sites is 1. The van der Waals surface area contributed by atoms with Crippen molar-refractivity contribution in [2.45, 2.75) is 19.3 Å². The first kappa shape index (κ1) is 19.8. The molecule has 0 aliphatic carbocycles. The van der Waals surface area contributed by atoms with Gasteiger partial charge < -0.3 is 9.84 Å². The average Bonchev–Trinajstić information content (AvgIpc) is 2.71. The first-order chi connectivity index (χ1) is 13.6. The van der Waals surface area contributed by atoms with E-state index in [9.17, 15) is 9.59 Å². The molecule has 4 nitrogen and oxygen atoms in total. The lowest BCUT2D eigenvalue weighted by molar-refractivity contribution is -0.137. The number of rotatable bonds is 8. The monoisotopic (exact) mass is 392 g/mol. The third-order valence-corrected chi connectivity index (χ3v) is 6.61. The van der Waals surface area contributed by atoms with Crippen LogP contribution in [0.5, 0.6) is 5.75 Å². The van der Waals surface area contributed by atoms with Crippen LogP contribution in [-0.4, -0.2) is 17.0 Å². The predicted molar refractivity (Wildman–Crippen MR) is 112 cm³/mol. The smallest absolute Gasteiger partial charge is 0.311 e. The SMILES string of the molecule is O=C(O)CCCC(=O)Oc1ccccc1P(c1ccccc1)c1ccccc1. The van der Waals surface area contributed by atoms with Crippen LogP contribution in [0.2, 0.25) is 0 Å². The standard InChI is InChI=1S/C23H21O4P/c24-22(25)16-9-17-23(26)27-20-14-7-8-15-21(20)28(18-10-3-1-4-11-18)19-12-5-2-6-13-19/h1-8,10-15H,9,16-17H2,(H,24,25). The zero-order valence-corrected chi connectivity index (χ0v) is 16.2. The molecule has 5 heteroatoms. The molecule has 3 aromatic rings. The fraction of sp³-hybridized carbons (Fsp3) is 0.130. The molecule has 0 saturated carbocycles. The van der Waals surface area contributed by atoms with Crippen LogP contribution in [0.4, 0.5) is 0 Å². The van der Waals surface area contributed by atoms with Crippen LogP contribution in [-0.2, 0) is 9.59 Å². The Hall–Kier alpha value is -2.97. The van der Waals surface area contributed by atoms with E-state index in [-0.39, 0.29) is 19.3 Å². The largest absolute Gasteiger partial charge is 0.481 e. The van der Waals surface area contributed by atoms with Crippen molar-refractivity contribution in [3.05, 3.63) is 84.9 Å². The van der Waals surface area contributed by atoms with Crippen LogP contribution in [0.15, 0.2) is 84.9 Å². The molecule has 0 aliphatic heterocycles. The normalized spacial score (nSPS) is 10.6. The van der Waals surface area contributed by atoms with E-state index in [4.69, 9.17) is 9.84 Å². The van der Waals surface area contributed by atoms with Gasteiger partial charge in [-0.3, -0.25) is 9.59 Å².